The molecule has 1 aromatic heterocycles. The molecule has 0 atom stereocenters. The lowest BCUT2D eigenvalue weighted by atomic mass is 10.2. The number of anilines is 1. The zero-order valence-corrected chi connectivity index (χ0v) is 11.9. The average Bonchev–Trinajstić information content (AvgIpc) is 2.83. The van der Waals surface area contributed by atoms with E-state index in [0.29, 0.717) is 5.02 Å². The molecule has 3 aromatic rings. The van der Waals surface area contributed by atoms with E-state index >= 15 is 0 Å². The first-order chi connectivity index (χ1) is 9.70. The lowest BCUT2D eigenvalue weighted by Gasteiger charge is -2.04. The van der Waals surface area contributed by atoms with E-state index in [1.165, 1.54) is 5.56 Å². The molecule has 0 spiro atoms. The van der Waals surface area contributed by atoms with Gasteiger partial charge in [-0.2, -0.15) is 0 Å². The van der Waals surface area contributed by atoms with Crippen molar-refractivity contribution in [1.29, 1.82) is 0 Å². The fourth-order valence-corrected chi connectivity index (χ4v) is 2.21. The van der Waals surface area contributed by atoms with E-state index in [-0.39, 0.29) is 0 Å². The number of fused-ring (bicyclic) bond motifs is 1. The van der Waals surface area contributed by atoms with Crippen LogP contribution in [0.3, 0.4) is 0 Å². The summed E-state index contributed by atoms with van der Waals surface area (Å²) in [5.74, 6) is 0.724. The first-order valence-corrected chi connectivity index (χ1v) is 6.94. The molecule has 0 aliphatic rings. The van der Waals surface area contributed by atoms with Crippen LogP contribution in [0.25, 0.3) is 11.1 Å². The van der Waals surface area contributed by atoms with E-state index in [9.17, 15) is 0 Å². The highest BCUT2D eigenvalue weighted by Crippen LogP contribution is 2.20. The number of hydrogen-bond donors (Lipinski definition) is 1. The third kappa shape index (κ3) is 2.94. The molecule has 0 aliphatic heterocycles. The predicted molar refractivity (Wildman–Crippen MR) is 82.4 cm³/mol. The van der Waals surface area contributed by atoms with E-state index in [1.807, 2.05) is 18.2 Å². The summed E-state index contributed by atoms with van der Waals surface area (Å²) < 4.78 is 5.67. The van der Waals surface area contributed by atoms with Crippen molar-refractivity contribution in [2.24, 2.45) is 0 Å². The summed E-state index contributed by atoms with van der Waals surface area (Å²) in [6, 6.07) is 13.8. The molecule has 2 aromatic carbocycles. The highest BCUT2D eigenvalue weighted by Gasteiger charge is 2.05. The van der Waals surface area contributed by atoms with Gasteiger partial charge in [0.1, 0.15) is 5.52 Å². The Morgan fingerprint density at radius 2 is 1.95 bits per heavy atom. The van der Waals surface area contributed by atoms with Crippen LogP contribution >= 0.6 is 11.6 Å². The Hall–Kier alpha value is -2.00. The van der Waals surface area contributed by atoms with E-state index < -0.39 is 0 Å². The topological polar surface area (TPSA) is 38.1 Å². The van der Waals surface area contributed by atoms with Gasteiger partial charge in [0, 0.05) is 23.7 Å². The van der Waals surface area contributed by atoms with Crippen molar-refractivity contribution >= 4 is 28.4 Å². The summed E-state index contributed by atoms with van der Waals surface area (Å²) in [6.45, 7) is 2.86. The molecule has 1 N–H and O–H groups in total. The molecule has 4 heteroatoms. The second-order valence-electron chi connectivity index (χ2n) is 4.76. The Bertz CT molecular complexity index is 719. The van der Waals surface area contributed by atoms with Gasteiger partial charge in [-0.1, -0.05) is 29.3 Å². The number of halogens is 1. The predicted octanol–water partition coefficient (Wildman–Crippen LogP) is 4.44. The van der Waals surface area contributed by atoms with Crippen LogP contribution in [0.1, 0.15) is 11.5 Å². The highest BCUT2D eigenvalue weighted by molar-refractivity contribution is 6.31. The van der Waals surface area contributed by atoms with E-state index in [0.717, 1.165) is 35.6 Å². The van der Waals surface area contributed by atoms with E-state index in [2.05, 4.69) is 41.5 Å². The number of oxazole rings is 1. The molecule has 0 saturated heterocycles. The number of hydrogen-bond acceptors (Lipinski definition) is 3. The second kappa shape index (κ2) is 5.55. The summed E-state index contributed by atoms with van der Waals surface area (Å²) in [5.41, 5.74) is 3.95. The number of aryl methyl sites for hydroxylation is 1. The standard InChI is InChI=1S/C16H15ClN2O/c1-11-2-5-13(6-3-11)18-9-8-16-19-14-10-12(17)4-7-15(14)20-16/h2-7,10,18H,8-9H2,1H3. The molecule has 0 amide bonds. The van der Waals surface area contributed by atoms with Gasteiger partial charge in [0.2, 0.25) is 0 Å². The summed E-state index contributed by atoms with van der Waals surface area (Å²) in [7, 11) is 0. The van der Waals surface area contributed by atoms with Crippen molar-refractivity contribution in [3.8, 4) is 0 Å². The van der Waals surface area contributed by atoms with Gasteiger partial charge >= 0.3 is 0 Å². The minimum absolute atomic E-state index is 0.676. The molecule has 1 heterocycles. The lowest BCUT2D eigenvalue weighted by molar-refractivity contribution is 0.534. The van der Waals surface area contributed by atoms with Crippen LogP contribution < -0.4 is 5.32 Å². The van der Waals surface area contributed by atoms with Crippen LogP contribution in [-0.2, 0) is 6.42 Å². The Morgan fingerprint density at radius 3 is 2.75 bits per heavy atom. The van der Waals surface area contributed by atoms with Crippen LogP contribution in [0.15, 0.2) is 46.9 Å². The summed E-state index contributed by atoms with van der Waals surface area (Å²) in [5, 5.41) is 4.03. The third-order valence-corrected chi connectivity index (χ3v) is 3.35. The van der Waals surface area contributed by atoms with Gasteiger partial charge in [0.25, 0.3) is 0 Å². The van der Waals surface area contributed by atoms with Gasteiger partial charge in [-0.3, -0.25) is 0 Å². The molecule has 0 aliphatic carbocycles. The molecule has 0 radical (unpaired) electrons. The van der Waals surface area contributed by atoms with Gasteiger partial charge < -0.3 is 9.73 Å². The van der Waals surface area contributed by atoms with Gasteiger partial charge in [-0.25, -0.2) is 4.98 Å². The molecule has 0 fully saturated rings. The van der Waals surface area contributed by atoms with Crippen molar-refractivity contribution < 1.29 is 4.42 Å². The Morgan fingerprint density at radius 1 is 1.15 bits per heavy atom. The van der Waals surface area contributed by atoms with Crippen LogP contribution in [-0.4, -0.2) is 11.5 Å². The van der Waals surface area contributed by atoms with Gasteiger partial charge in [-0.15, -0.1) is 0 Å². The van der Waals surface area contributed by atoms with Crippen LogP contribution in [0.4, 0.5) is 5.69 Å². The molecule has 0 unspecified atom stereocenters. The molecule has 0 saturated carbocycles. The first kappa shape index (κ1) is 13.0. The fraction of sp³-hybridized carbons (Fsp3) is 0.188. The zero-order valence-electron chi connectivity index (χ0n) is 11.2. The molecule has 0 bridgehead atoms. The van der Waals surface area contributed by atoms with E-state index in [4.69, 9.17) is 16.0 Å². The summed E-state index contributed by atoms with van der Waals surface area (Å²) >= 11 is 5.93. The quantitative estimate of drug-likeness (QED) is 0.770. The van der Waals surface area contributed by atoms with Crippen molar-refractivity contribution in [2.45, 2.75) is 13.3 Å². The Balaban J connectivity index is 1.63. The van der Waals surface area contributed by atoms with Gasteiger partial charge in [0.05, 0.1) is 0 Å². The maximum Gasteiger partial charge on any atom is 0.197 e. The maximum absolute atomic E-state index is 5.93. The van der Waals surface area contributed by atoms with Crippen molar-refractivity contribution in [1.82, 2.24) is 4.98 Å². The number of rotatable bonds is 4. The van der Waals surface area contributed by atoms with Gasteiger partial charge in [-0.05, 0) is 37.3 Å². The summed E-state index contributed by atoms with van der Waals surface area (Å²) in [6.07, 6.45) is 0.736. The molecular formula is C16H15ClN2O. The number of nitrogens with zero attached hydrogens (tertiary/aromatic N) is 1. The van der Waals surface area contributed by atoms with Gasteiger partial charge in [0.15, 0.2) is 11.5 Å². The van der Waals surface area contributed by atoms with Crippen LogP contribution in [0.2, 0.25) is 5.02 Å². The third-order valence-electron chi connectivity index (χ3n) is 3.11. The Kier molecular flexibility index (Phi) is 3.61. The lowest BCUT2D eigenvalue weighted by Crippen LogP contribution is -2.04. The van der Waals surface area contributed by atoms with Crippen LogP contribution in [0.5, 0.6) is 0 Å². The minimum atomic E-state index is 0.676. The average molecular weight is 287 g/mol. The smallest absolute Gasteiger partial charge is 0.197 e. The Labute approximate surface area is 122 Å². The molecular weight excluding hydrogens is 272 g/mol. The molecule has 3 nitrogen and oxygen atoms in total. The van der Waals surface area contributed by atoms with Crippen LogP contribution in [0, 0.1) is 6.92 Å². The largest absolute Gasteiger partial charge is 0.441 e. The SMILES string of the molecule is Cc1ccc(NCCc2nc3cc(Cl)ccc3o2)cc1. The van der Waals surface area contributed by atoms with Crippen molar-refractivity contribution in [3.63, 3.8) is 0 Å². The summed E-state index contributed by atoms with van der Waals surface area (Å²) in [4.78, 5) is 4.43. The monoisotopic (exact) mass is 286 g/mol. The number of aromatic nitrogens is 1. The number of benzene rings is 2. The second-order valence-corrected chi connectivity index (χ2v) is 5.20. The fourth-order valence-electron chi connectivity index (χ4n) is 2.04. The molecule has 102 valence electrons. The first-order valence-electron chi connectivity index (χ1n) is 6.56. The van der Waals surface area contributed by atoms with E-state index in [1.54, 1.807) is 0 Å². The van der Waals surface area contributed by atoms with Crippen molar-refractivity contribution in [3.05, 3.63) is 58.9 Å². The molecule has 20 heavy (non-hydrogen) atoms. The zero-order chi connectivity index (χ0) is 13.9. The van der Waals surface area contributed by atoms with Crippen molar-refractivity contribution in [2.75, 3.05) is 11.9 Å². The highest BCUT2D eigenvalue weighted by atomic mass is 35.5. The maximum atomic E-state index is 5.93. The number of nitrogens with one attached hydrogen (secondary N) is 1. The normalized spacial score (nSPS) is 10.9. The molecule has 3 rings (SSSR count). The minimum Gasteiger partial charge on any atom is -0.441 e.